The van der Waals surface area contributed by atoms with E-state index in [1.165, 1.54) is 217 Å². The first-order valence-corrected chi connectivity index (χ1v) is 42.3. The highest BCUT2D eigenvalue weighted by Crippen LogP contribution is 2.70. The van der Waals surface area contributed by atoms with Crippen molar-refractivity contribution in [1.29, 1.82) is 0 Å². The third-order valence-electron chi connectivity index (χ3n) is 32.2. The van der Waals surface area contributed by atoms with Crippen LogP contribution in [0, 0.1) is 94.7 Å². The van der Waals surface area contributed by atoms with E-state index < -0.39 is 0 Å². The monoisotopic (exact) mass is 1350 g/mol. The summed E-state index contributed by atoms with van der Waals surface area (Å²) < 4.78 is 0. The minimum Gasteiger partial charge on any atom is -0.309 e. The Balaban J connectivity index is 0.884. The van der Waals surface area contributed by atoms with Crippen molar-refractivity contribution >= 4 is 55.7 Å². The second kappa shape index (κ2) is 23.7. The van der Waals surface area contributed by atoms with Crippen LogP contribution in [0.4, 0.5) is 34.1 Å². The van der Waals surface area contributed by atoms with E-state index in [0.29, 0.717) is 23.7 Å². The number of nitrogens with zero attached hydrogens (tertiary/aromatic N) is 2. The first-order valence-electron chi connectivity index (χ1n) is 42.3. The summed E-state index contributed by atoms with van der Waals surface area (Å²) in [6, 6.07) is 62.2. The Morgan fingerprint density at radius 3 is 0.873 bits per heavy atom. The number of benzene rings is 8. The highest BCUT2D eigenvalue weighted by atomic mass is 15.2. The smallest absolute Gasteiger partial charge is 0.0620 e. The Hall–Kier alpha value is -6.12. The lowest BCUT2D eigenvalue weighted by Crippen LogP contribution is -2.25. The average Bonchev–Trinajstić information content (AvgIpc) is 1.32. The zero-order valence-electron chi connectivity index (χ0n) is 64.4. The van der Waals surface area contributed by atoms with Gasteiger partial charge >= 0.3 is 0 Å². The van der Waals surface area contributed by atoms with Crippen molar-refractivity contribution in [3.63, 3.8) is 0 Å². The first-order chi connectivity index (χ1) is 49.0. The van der Waals surface area contributed by atoms with Crippen molar-refractivity contribution in [1.82, 2.24) is 0 Å². The predicted octanol–water partition coefficient (Wildman–Crippen LogP) is 27.9. The van der Waals surface area contributed by atoms with Gasteiger partial charge in [-0.3, -0.25) is 0 Å². The van der Waals surface area contributed by atoms with Crippen molar-refractivity contribution in [2.75, 3.05) is 9.80 Å². The largest absolute Gasteiger partial charge is 0.309 e. The molecule has 0 aliphatic heterocycles. The number of hydrogen-bond donors (Lipinski definition) is 0. The Bertz CT molecular complexity index is 4420. The molecule has 20 atom stereocenters. The Kier molecular flexibility index (Phi) is 15.2. The molecule has 0 amide bonds. The summed E-state index contributed by atoms with van der Waals surface area (Å²) in [6.07, 6.45) is 28.8. The molecule has 2 heteroatoms. The molecule has 12 aliphatic rings. The van der Waals surface area contributed by atoms with Gasteiger partial charge in [0.15, 0.2) is 0 Å². The minimum absolute atomic E-state index is 0.0792. The van der Waals surface area contributed by atoms with Gasteiger partial charge in [0.25, 0.3) is 0 Å². The third-order valence-corrected chi connectivity index (χ3v) is 32.2. The fraction of sp³-hybridized carbons (Fsp3) is 0.560. The van der Waals surface area contributed by atoms with Crippen LogP contribution in [0.15, 0.2) is 146 Å². The van der Waals surface area contributed by atoms with Gasteiger partial charge in [0.05, 0.1) is 11.4 Å². The molecule has 20 unspecified atom stereocenters. The number of fused-ring (bicyclic) bond motifs is 22. The number of hydrogen-bond acceptors (Lipinski definition) is 2. The summed E-state index contributed by atoms with van der Waals surface area (Å²) in [4.78, 5) is 5.85. The van der Waals surface area contributed by atoms with Gasteiger partial charge in [-0.2, -0.15) is 0 Å². The maximum absolute atomic E-state index is 2.93. The van der Waals surface area contributed by atoms with Gasteiger partial charge in [-0.1, -0.05) is 200 Å². The number of anilines is 6. The summed E-state index contributed by atoms with van der Waals surface area (Å²) in [5, 5.41) is 5.35. The van der Waals surface area contributed by atoms with Crippen LogP contribution in [0.2, 0.25) is 0 Å². The topological polar surface area (TPSA) is 6.48 Å². The molecule has 12 saturated carbocycles. The van der Waals surface area contributed by atoms with Crippen LogP contribution in [0.1, 0.15) is 280 Å². The van der Waals surface area contributed by atoms with E-state index in [4.69, 9.17) is 0 Å². The molecule has 20 rings (SSSR count). The molecule has 102 heavy (non-hydrogen) atoms. The van der Waals surface area contributed by atoms with E-state index in [0.717, 1.165) is 94.7 Å². The lowest BCUT2D eigenvalue weighted by molar-refractivity contribution is 0.229. The Labute approximate surface area is 614 Å². The minimum atomic E-state index is -0.0833. The van der Waals surface area contributed by atoms with Crippen molar-refractivity contribution in [2.24, 2.45) is 94.7 Å². The molecule has 0 aromatic heterocycles. The quantitative estimate of drug-likeness (QED) is 0.0941. The lowest BCUT2D eigenvalue weighted by Gasteiger charge is -2.38. The SMILES string of the molecule is CC(C)(C)c1cc(N(c2cc(C3CC4CC3C3CCCC43)cc(C3CC4CC3C3CCCC43)c2)c2c3ccccc3c(N(c3cc(C4CC5CC4C4CCCC54)cc(C4CC5CC4C4CCCC54)c3)c3cc(C(C)(C)C)cc(C(C)(C)C)c3)c3cc(-c4ccccc4)ccc23)cc(C(C)(C)C)c1. The van der Waals surface area contributed by atoms with Gasteiger partial charge in [-0.05, 0) is 353 Å². The standard InChI is InChI=1S/C100H120N2/c1-97(2,3)67-51-68(98(4,5)6)54-73(53-67)101(71-38-59(86-43-63-47-90(86)79-30-18-26-75(63)79)36-60(39-71)87-44-64-48-91(87)80-31-19-27-76(64)80)95-83-24-16-17-25-84(83)96(94-42-58(34-35-85(94)95)57-22-14-13-15-23-57)102(74-55-69(99(7,8)9)52-70(56-74)100(10,11)12)72-40-61(88-45-65-49-92(88)81-32-20-28-77(65)81)37-62(41-72)89-46-66-50-93(89)82-33-21-29-78(66)82/h13-17,22-25,34-42,51-56,63-66,75-82,86-93H,18-21,26-33,43-50H2,1-12H3. The number of rotatable bonds is 11. The van der Waals surface area contributed by atoms with Crippen molar-refractivity contribution in [3.8, 4) is 11.1 Å². The van der Waals surface area contributed by atoms with Gasteiger partial charge in [0.1, 0.15) is 0 Å². The van der Waals surface area contributed by atoms with Crippen LogP contribution in [0.25, 0.3) is 32.7 Å². The van der Waals surface area contributed by atoms with Gasteiger partial charge in [-0.25, -0.2) is 0 Å². The van der Waals surface area contributed by atoms with E-state index in [2.05, 4.69) is 238 Å². The van der Waals surface area contributed by atoms with Gasteiger partial charge in [0, 0.05) is 44.3 Å². The van der Waals surface area contributed by atoms with Gasteiger partial charge in [-0.15, -0.1) is 0 Å². The van der Waals surface area contributed by atoms with E-state index in [1.807, 2.05) is 0 Å². The molecule has 0 saturated heterocycles. The third kappa shape index (κ3) is 10.5. The summed E-state index contributed by atoms with van der Waals surface area (Å²) in [6.45, 7) is 29.5. The molecular formula is C100H120N2. The lowest BCUT2D eigenvalue weighted by atomic mass is 9.70. The molecule has 8 bridgehead atoms. The summed E-state index contributed by atoms with van der Waals surface area (Å²) >= 11 is 0. The van der Waals surface area contributed by atoms with Crippen LogP contribution in [-0.4, -0.2) is 0 Å². The molecule has 530 valence electrons. The van der Waals surface area contributed by atoms with Gasteiger partial charge in [0.2, 0.25) is 0 Å². The van der Waals surface area contributed by atoms with Crippen LogP contribution >= 0.6 is 0 Å². The molecular weight excluding hydrogens is 1230 g/mol. The second-order valence-corrected chi connectivity index (χ2v) is 41.3. The zero-order chi connectivity index (χ0) is 69.4. The van der Waals surface area contributed by atoms with E-state index in [1.54, 1.807) is 22.3 Å². The maximum atomic E-state index is 2.93. The van der Waals surface area contributed by atoms with Crippen molar-refractivity contribution < 1.29 is 0 Å². The fourth-order valence-electron chi connectivity index (χ4n) is 27.7. The van der Waals surface area contributed by atoms with Crippen molar-refractivity contribution in [2.45, 2.75) is 257 Å². The van der Waals surface area contributed by atoms with Crippen LogP contribution in [-0.2, 0) is 21.7 Å². The normalized spacial score (nSPS) is 33.9. The zero-order valence-corrected chi connectivity index (χ0v) is 64.4. The van der Waals surface area contributed by atoms with Crippen LogP contribution in [0.3, 0.4) is 0 Å². The molecule has 12 aliphatic carbocycles. The highest BCUT2D eigenvalue weighted by molar-refractivity contribution is 6.24. The van der Waals surface area contributed by atoms with E-state index in [-0.39, 0.29) is 21.7 Å². The molecule has 8 aromatic rings. The van der Waals surface area contributed by atoms with E-state index >= 15 is 0 Å². The van der Waals surface area contributed by atoms with Crippen LogP contribution < -0.4 is 9.80 Å². The summed E-state index contributed by atoms with van der Waals surface area (Å²) in [5.41, 5.74) is 22.6. The Morgan fingerprint density at radius 2 is 0.539 bits per heavy atom. The molecule has 0 heterocycles. The second-order valence-electron chi connectivity index (χ2n) is 41.3. The first kappa shape index (κ1) is 65.4. The molecule has 0 spiro atoms. The fourth-order valence-corrected chi connectivity index (χ4v) is 27.7. The predicted molar refractivity (Wildman–Crippen MR) is 430 cm³/mol. The van der Waals surface area contributed by atoms with E-state index in [9.17, 15) is 0 Å². The van der Waals surface area contributed by atoms with Crippen LogP contribution in [0.5, 0.6) is 0 Å². The molecule has 0 N–H and O–H groups in total. The molecule has 8 aromatic carbocycles. The molecule has 12 fully saturated rings. The molecule has 2 nitrogen and oxygen atoms in total. The Morgan fingerprint density at radius 1 is 0.245 bits per heavy atom. The van der Waals surface area contributed by atoms with Gasteiger partial charge < -0.3 is 9.80 Å². The van der Waals surface area contributed by atoms with Crippen molar-refractivity contribution in [3.05, 3.63) is 190 Å². The summed E-state index contributed by atoms with van der Waals surface area (Å²) in [7, 11) is 0. The average molecular weight is 1350 g/mol. The maximum Gasteiger partial charge on any atom is 0.0620 e. The highest BCUT2D eigenvalue weighted by Gasteiger charge is 2.59. The summed E-state index contributed by atoms with van der Waals surface area (Å²) in [5.74, 6) is 16.7. The molecule has 0 radical (unpaired) electrons.